The summed E-state index contributed by atoms with van der Waals surface area (Å²) in [5.74, 6) is 0.562. The average molecular weight is 225 g/mol. The predicted molar refractivity (Wildman–Crippen MR) is 59.4 cm³/mol. The Labute approximate surface area is 91.7 Å². The lowest BCUT2D eigenvalue weighted by molar-refractivity contribution is 0.242. The van der Waals surface area contributed by atoms with Gasteiger partial charge < -0.3 is 10.6 Å². The van der Waals surface area contributed by atoms with E-state index in [-0.39, 0.29) is 11.4 Å². The van der Waals surface area contributed by atoms with Crippen LogP contribution in [-0.2, 0) is 0 Å². The maximum atomic E-state index is 11.4. The van der Waals surface area contributed by atoms with Crippen molar-refractivity contribution in [2.24, 2.45) is 11.7 Å². The van der Waals surface area contributed by atoms with E-state index in [9.17, 15) is 9.59 Å². The van der Waals surface area contributed by atoms with Gasteiger partial charge in [0.25, 0.3) is 5.56 Å². The molecule has 0 spiro atoms. The summed E-state index contributed by atoms with van der Waals surface area (Å²) in [6.07, 6.45) is 0. The highest BCUT2D eigenvalue weighted by Crippen LogP contribution is 2.27. The topological polar surface area (TPSA) is 108 Å². The Morgan fingerprint density at radius 2 is 2.06 bits per heavy atom. The molecule has 16 heavy (non-hydrogen) atoms. The Morgan fingerprint density at radius 1 is 1.44 bits per heavy atom. The minimum absolute atomic E-state index is 0.223. The van der Waals surface area contributed by atoms with Crippen LogP contribution in [0.4, 0.5) is 5.82 Å². The summed E-state index contributed by atoms with van der Waals surface area (Å²) in [4.78, 5) is 26.1. The van der Waals surface area contributed by atoms with Gasteiger partial charge in [0.05, 0.1) is 5.54 Å². The summed E-state index contributed by atoms with van der Waals surface area (Å²) in [6.45, 7) is 5.24. The van der Waals surface area contributed by atoms with E-state index in [2.05, 4.69) is 15.2 Å². The summed E-state index contributed by atoms with van der Waals surface area (Å²) in [7, 11) is 0. The second-order valence-corrected chi connectivity index (χ2v) is 4.57. The van der Waals surface area contributed by atoms with Crippen LogP contribution in [0.3, 0.4) is 0 Å². The number of H-pyrrole nitrogens is 2. The Bertz CT molecular complexity index is 497. The summed E-state index contributed by atoms with van der Waals surface area (Å²) >= 11 is 0. The summed E-state index contributed by atoms with van der Waals surface area (Å²) in [6, 6.07) is 0. The highest BCUT2D eigenvalue weighted by atomic mass is 16.2. The number of anilines is 1. The Kier molecular flexibility index (Phi) is 2.34. The molecule has 0 atom stereocenters. The Morgan fingerprint density at radius 3 is 2.56 bits per heavy atom. The fourth-order valence-electron chi connectivity index (χ4n) is 1.74. The highest BCUT2D eigenvalue weighted by molar-refractivity contribution is 5.41. The number of nitrogens with one attached hydrogen (secondary N) is 2. The first-order chi connectivity index (χ1) is 7.42. The van der Waals surface area contributed by atoms with E-state index in [1.807, 2.05) is 13.8 Å². The molecule has 88 valence electrons. The molecule has 2 rings (SSSR count). The highest BCUT2D eigenvalue weighted by Gasteiger charge is 2.43. The number of rotatable bonds is 2. The number of aromatic amines is 2. The third-order valence-corrected chi connectivity index (χ3v) is 3.11. The predicted octanol–water partition coefficient (Wildman–Crippen LogP) is -1.37. The fourth-order valence-corrected chi connectivity index (χ4v) is 1.74. The van der Waals surface area contributed by atoms with E-state index in [4.69, 9.17) is 5.73 Å². The number of hydrogen-bond acceptors (Lipinski definition) is 5. The molecule has 1 aliphatic heterocycles. The molecule has 0 radical (unpaired) electrons. The first kappa shape index (κ1) is 10.9. The number of nitrogens with zero attached hydrogens (tertiary/aromatic N) is 2. The quantitative estimate of drug-likeness (QED) is 0.575. The van der Waals surface area contributed by atoms with Crippen molar-refractivity contribution in [2.45, 2.75) is 19.4 Å². The standard InChI is InChI=1S/C9H15N5O2/c1-5(2)9(10)3-14(4-9)6-7(15)11-8(16)13-12-6/h5H,3-4,10H2,1-2H3,(H2,11,13,15,16). The van der Waals surface area contributed by atoms with Gasteiger partial charge in [-0.15, -0.1) is 5.10 Å². The second kappa shape index (κ2) is 3.44. The molecule has 0 aromatic carbocycles. The Hall–Kier alpha value is -1.63. The van der Waals surface area contributed by atoms with Gasteiger partial charge >= 0.3 is 5.69 Å². The zero-order valence-electron chi connectivity index (χ0n) is 9.28. The van der Waals surface area contributed by atoms with Crippen LogP contribution < -0.4 is 21.9 Å². The first-order valence-electron chi connectivity index (χ1n) is 5.15. The molecule has 1 aromatic heterocycles. The zero-order valence-corrected chi connectivity index (χ0v) is 9.28. The van der Waals surface area contributed by atoms with Crippen LogP contribution in [-0.4, -0.2) is 33.8 Å². The minimum Gasteiger partial charge on any atom is -0.347 e. The van der Waals surface area contributed by atoms with Gasteiger partial charge in [0.15, 0.2) is 0 Å². The molecular formula is C9H15N5O2. The lowest BCUT2D eigenvalue weighted by Gasteiger charge is -2.50. The second-order valence-electron chi connectivity index (χ2n) is 4.57. The van der Waals surface area contributed by atoms with Gasteiger partial charge in [-0.1, -0.05) is 13.8 Å². The average Bonchev–Trinajstić information content (AvgIpc) is 2.13. The van der Waals surface area contributed by atoms with Crippen LogP contribution in [0.1, 0.15) is 13.8 Å². The Balaban J connectivity index is 2.19. The van der Waals surface area contributed by atoms with E-state index < -0.39 is 11.2 Å². The molecule has 0 aliphatic carbocycles. The van der Waals surface area contributed by atoms with E-state index in [0.717, 1.165) is 0 Å². The van der Waals surface area contributed by atoms with E-state index in [1.165, 1.54) is 0 Å². The lowest BCUT2D eigenvalue weighted by atomic mass is 9.80. The van der Waals surface area contributed by atoms with Gasteiger partial charge in [-0.3, -0.25) is 9.78 Å². The van der Waals surface area contributed by atoms with Gasteiger partial charge in [0.1, 0.15) is 0 Å². The first-order valence-corrected chi connectivity index (χ1v) is 5.15. The summed E-state index contributed by atoms with van der Waals surface area (Å²) in [5.41, 5.74) is 4.75. The van der Waals surface area contributed by atoms with E-state index in [1.54, 1.807) is 4.90 Å². The fraction of sp³-hybridized carbons (Fsp3) is 0.667. The molecule has 0 unspecified atom stereocenters. The number of hydrogen-bond donors (Lipinski definition) is 3. The summed E-state index contributed by atoms with van der Waals surface area (Å²) < 4.78 is 0. The monoisotopic (exact) mass is 225 g/mol. The summed E-state index contributed by atoms with van der Waals surface area (Å²) in [5, 5.41) is 5.92. The van der Waals surface area contributed by atoms with Crippen LogP contribution in [0.25, 0.3) is 0 Å². The van der Waals surface area contributed by atoms with Gasteiger partial charge in [0, 0.05) is 13.1 Å². The molecule has 0 saturated carbocycles. The SMILES string of the molecule is CC(C)C1(N)CN(c2n[nH]c(=O)[nH]c2=O)C1. The molecule has 7 nitrogen and oxygen atoms in total. The number of nitrogens with two attached hydrogens (primary N) is 1. The van der Waals surface area contributed by atoms with Gasteiger partial charge in [-0.25, -0.2) is 9.89 Å². The maximum absolute atomic E-state index is 11.4. The molecule has 0 amide bonds. The third kappa shape index (κ3) is 1.63. The maximum Gasteiger partial charge on any atom is 0.342 e. The van der Waals surface area contributed by atoms with Crippen LogP contribution in [0.2, 0.25) is 0 Å². The van der Waals surface area contributed by atoms with Crippen LogP contribution in [0.15, 0.2) is 9.59 Å². The molecule has 1 fully saturated rings. The molecule has 1 aliphatic rings. The minimum atomic E-state index is -0.600. The lowest BCUT2D eigenvalue weighted by Crippen LogP contribution is -2.71. The van der Waals surface area contributed by atoms with Crippen molar-refractivity contribution < 1.29 is 0 Å². The van der Waals surface area contributed by atoms with E-state index in [0.29, 0.717) is 19.0 Å². The normalized spacial score (nSPS) is 18.6. The van der Waals surface area contributed by atoms with Gasteiger partial charge in [-0.2, -0.15) is 0 Å². The van der Waals surface area contributed by atoms with Crippen molar-refractivity contribution in [3.63, 3.8) is 0 Å². The zero-order chi connectivity index (χ0) is 11.9. The van der Waals surface area contributed by atoms with Crippen LogP contribution >= 0.6 is 0 Å². The van der Waals surface area contributed by atoms with Crippen molar-refractivity contribution in [2.75, 3.05) is 18.0 Å². The van der Waals surface area contributed by atoms with Crippen LogP contribution in [0.5, 0.6) is 0 Å². The molecule has 1 saturated heterocycles. The van der Waals surface area contributed by atoms with Crippen LogP contribution in [0, 0.1) is 5.92 Å². The largest absolute Gasteiger partial charge is 0.347 e. The molecule has 4 N–H and O–H groups in total. The number of aromatic nitrogens is 3. The molecule has 7 heteroatoms. The molecule has 2 heterocycles. The van der Waals surface area contributed by atoms with Crippen molar-refractivity contribution in [1.82, 2.24) is 15.2 Å². The van der Waals surface area contributed by atoms with Crippen molar-refractivity contribution in [3.8, 4) is 0 Å². The smallest absolute Gasteiger partial charge is 0.342 e. The molecule has 0 bridgehead atoms. The van der Waals surface area contributed by atoms with Gasteiger partial charge in [0.2, 0.25) is 5.82 Å². The van der Waals surface area contributed by atoms with Crippen molar-refractivity contribution in [3.05, 3.63) is 20.8 Å². The van der Waals surface area contributed by atoms with E-state index >= 15 is 0 Å². The molecular weight excluding hydrogens is 210 g/mol. The van der Waals surface area contributed by atoms with Crippen molar-refractivity contribution in [1.29, 1.82) is 0 Å². The molecule has 1 aromatic rings. The van der Waals surface area contributed by atoms with Gasteiger partial charge in [-0.05, 0) is 5.92 Å². The van der Waals surface area contributed by atoms with Crippen molar-refractivity contribution >= 4 is 5.82 Å². The third-order valence-electron chi connectivity index (χ3n) is 3.11.